The minimum absolute atomic E-state index is 0.0591. The Morgan fingerprint density at radius 2 is 2.00 bits per heavy atom. The first-order valence-electron chi connectivity index (χ1n) is 11.3. The van der Waals surface area contributed by atoms with Crippen LogP contribution in [0.25, 0.3) is 5.76 Å². The van der Waals surface area contributed by atoms with E-state index in [1.165, 1.54) is 4.90 Å². The number of Topliss-reactive ketones (excluding diaryl/α,β-unsaturated/α-hetero) is 1. The van der Waals surface area contributed by atoms with E-state index in [1.807, 2.05) is 36.3 Å². The Morgan fingerprint density at radius 3 is 2.68 bits per heavy atom. The first-order chi connectivity index (χ1) is 16.5. The quantitative estimate of drug-likeness (QED) is 0.207. The molecule has 0 bridgehead atoms. The number of ether oxygens (including phenoxy) is 1. The summed E-state index contributed by atoms with van der Waals surface area (Å²) in [5.74, 6) is -0.878. The van der Waals surface area contributed by atoms with Gasteiger partial charge in [-0.2, -0.15) is 0 Å². The molecule has 1 aromatic heterocycles. The average molecular weight is 481 g/mol. The van der Waals surface area contributed by atoms with Crippen LogP contribution in [-0.2, 0) is 16.1 Å². The average Bonchev–Trinajstić information content (AvgIpc) is 3.45. The van der Waals surface area contributed by atoms with E-state index in [4.69, 9.17) is 16.3 Å². The number of halogens is 1. The second kappa shape index (κ2) is 10.6. The molecule has 34 heavy (non-hydrogen) atoms. The molecule has 0 radical (unpaired) electrons. The SMILES string of the molecule is CCCOc1ccc(C(O)=C2C(=O)C(=O)N(CCC[n+]3cc[nH]c3)C2c2cccc(Cl)c2)cc1. The number of amides is 1. The molecule has 1 amide bonds. The number of hydrogen-bond acceptors (Lipinski definition) is 4. The highest BCUT2D eigenvalue weighted by Gasteiger charge is 2.45. The van der Waals surface area contributed by atoms with Gasteiger partial charge in [0, 0.05) is 23.6 Å². The van der Waals surface area contributed by atoms with Gasteiger partial charge < -0.3 is 14.7 Å². The van der Waals surface area contributed by atoms with E-state index in [-0.39, 0.29) is 11.3 Å². The molecular formula is C26H27ClN3O4+. The number of aryl methyl sites for hydroxylation is 1. The van der Waals surface area contributed by atoms with Gasteiger partial charge in [0.2, 0.25) is 6.33 Å². The van der Waals surface area contributed by atoms with Crippen LogP contribution in [0.2, 0.25) is 5.02 Å². The number of likely N-dealkylation sites (tertiary alicyclic amines) is 1. The molecule has 176 valence electrons. The van der Waals surface area contributed by atoms with E-state index in [2.05, 4.69) is 4.98 Å². The standard InChI is InChI=1S/C26H26ClN3O4/c1-2-15-34-21-9-7-18(8-10-21)24(31)22-23(19-5-3-6-20(27)16-19)30(26(33)25(22)32)13-4-12-29-14-11-28-17-29/h3,5-11,14,16-17,23H,2,4,12-13,15H2,1H3,(H,31,32)/p+1. The zero-order valence-corrected chi connectivity index (χ0v) is 19.7. The molecule has 1 unspecified atom stereocenters. The van der Waals surface area contributed by atoms with Crippen LogP contribution in [-0.4, -0.2) is 39.8 Å². The number of nitrogens with zero attached hydrogens (tertiary/aromatic N) is 2. The number of nitrogens with one attached hydrogen (secondary N) is 1. The number of aliphatic hydroxyl groups is 1. The number of aromatic amines is 1. The molecule has 2 heterocycles. The minimum Gasteiger partial charge on any atom is -0.507 e. The van der Waals surface area contributed by atoms with Crippen LogP contribution in [0.1, 0.15) is 36.9 Å². The fourth-order valence-corrected chi connectivity index (χ4v) is 4.30. The molecule has 3 aromatic rings. The molecule has 8 heteroatoms. The third-order valence-corrected chi connectivity index (χ3v) is 5.96. The molecule has 2 N–H and O–H groups in total. The summed E-state index contributed by atoms with van der Waals surface area (Å²) in [6.45, 7) is 3.63. The van der Waals surface area contributed by atoms with Crippen LogP contribution in [0, 0.1) is 0 Å². The van der Waals surface area contributed by atoms with Crippen molar-refractivity contribution in [1.29, 1.82) is 0 Å². The highest BCUT2D eigenvalue weighted by atomic mass is 35.5. The molecule has 1 aliphatic heterocycles. The maximum Gasteiger partial charge on any atom is 0.295 e. The van der Waals surface area contributed by atoms with E-state index in [1.54, 1.807) is 42.5 Å². The van der Waals surface area contributed by atoms with Crippen molar-refractivity contribution in [2.75, 3.05) is 13.2 Å². The fourth-order valence-electron chi connectivity index (χ4n) is 4.10. The largest absolute Gasteiger partial charge is 0.507 e. The lowest BCUT2D eigenvalue weighted by atomic mass is 9.95. The van der Waals surface area contributed by atoms with Crippen molar-refractivity contribution in [3.8, 4) is 5.75 Å². The van der Waals surface area contributed by atoms with Crippen molar-refractivity contribution >= 4 is 29.1 Å². The zero-order valence-electron chi connectivity index (χ0n) is 18.9. The summed E-state index contributed by atoms with van der Waals surface area (Å²) in [5, 5.41) is 11.7. The molecule has 4 rings (SSSR count). The first kappa shape index (κ1) is 23.6. The summed E-state index contributed by atoms with van der Waals surface area (Å²) < 4.78 is 7.57. The van der Waals surface area contributed by atoms with Crippen molar-refractivity contribution < 1.29 is 24.0 Å². The van der Waals surface area contributed by atoms with E-state index < -0.39 is 17.7 Å². The Kier molecular flexibility index (Phi) is 7.33. The number of carbonyl (C=O) groups is 2. The van der Waals surface area contributed by atoms with Gasteiger partial charge in [0.15, 0.2) is 0 Å². The number of benzene rings is 2. The lowest BCUT2D eigenvalue weighted by Crippen LogP contribution is -2.36. The summed E-state index contributed by atoms with van der Waals surface area (Å²) >= 11 is 6.23. The smallest absolute Gasteiger partial charge is 0.295 e. The number of rotatable bonds is 9. The van der Waals surface area contributed by atoms with Gasteiger partial charge in [-0.15, -0.1) is 0 Å². The number of imidazole rings is 1. The van der Waals surface area contributed by atoms with Gasteiger partial charge in [-0.05, 0) is 48.4 Å². The highest BCUT2D eigenvalue weighted by Crippen LogP contribution is 2.40. The number of aromatic nitrogens is 2. The van der Waals surface area contributed by atoms with Crippen LogP contribution in [0.3, 0.4) is 0 Å². The number of aliphatic hydroxyl groups excluding tert-OH is 1. The zero-order chi connectivity index (χ0) is 24.1. The number of H-pyrrole nitrogens is 1. The Bertz CT molecular complexity index is 1190. The molecule has 0 saturated carbocycles. The molecule has 0 aliphatic carbocycles. The van der Waals surface area contributed by atoms with Gasteiger partial charge in [-0.25, -0.2) is 4.57 Å². The van der Waals surface area contributed by atoms with Crippen LogP contribution in [0.5, 0.6) is 5.75 Å². The van der Waals surface area contributed by atoms with E-state index >= 15 is 0 Å². The van der Waals surface area contributed by atoms with Crippen LogP contribution >= 0.6 is 11.6 Å². The molecule has 2 aromatic carbocycles. The molecule has 1 aliphatic rings. The van der Waals surface area contributed by atoms with Crippen molar-refractivity contribution in [2.45, 2.75) is 32.4 Å². The van der Waals surface area contributed by atoms with Gasteiger partial charge in [0.25, 0.3) is 11.7 Å². The van der Waals surface area contributed by atoms with Gasteiger partial charge in [0.1, 0.15) is 23.9 Å². The Hall–Kier alpha value is -3.58. The van der Waals surface area contributed by atoms with Crippen molar-refractivity contribution in [1.82, 2.24) is 9.88 Å². The number of carbonyl (C=O) groups excluding carboxylic acids is 2. The van der Waals surface area contributed by atoms with Crippen molar-refractivity contribution in [3.63, 3.8) is 0 Å². The molecule has 1 saturated heterocycles. The van der Waals surface area contributed by atoms with Gasteiger partial charge in [0.05, 0.1) is 24.8 Å². The lowest BCUT2D eigenvalue weighted by Gasteiger charge is -2.25. The maximum absolute atomic E-state index is 13.1. The summed E-state index contributed by atoms with van der Waals surface area (Å²) in [7, 11) is 0. The lowest BCUT2D eigenvalue weighted by molar-refractivity contribution is -0.695. The molecule has 7 nitrogen and oxygen atoms in total. The van der Waals surface area contributed by atoms with Crippen molar-refractivity contribution in [2.24, 2.45) is 0 Å². The highest BCUT2D eigenvalue weighted by molar-refractivity contribution is 6.46. The first-order valence-corrected chi connectivity index (χ1v) is 11.7. The Morgan fingerprint density at radius 1 is 1.21 bits per heavy atom. The molecule has 1 fully saturated rings. The summed E-state index contributed by atoms with van der Waals surface area (Å²) in [6.07, 6.45) is 7.06. The number of ketones is 1. The number of hydrogen-bond donors (Lipinski definition) is 2. The van der Waals surface area contributed by atoms with Gasteiger partial charge in [-0.1, -0.05) is 30.7 Å². The van der Waals surface area contributed by atoms with Gasteiger partial charge >= 0.3 is 0 Å². The monoisotopic (exact) mass is 480 g/mol. The summed E-state index contributed by atoms with van der Waals surface area (Å²) in [5.41, 5.74) is 1.17. The minimum atomic E-state index is -0.731. The third-order valence-electron chi connectivity index (χ3n) is 5.72. The van der Waals surface area contributed by atoms with Gasteiger partial charge in [-0.3, -0.25) is 14.6 Å². The Labute approximate surface area is 203 Å². The molecular weight excluding hydrogens is 454 g/mol. The molecule has 1 atom stereocenters. The van der Waals surface area contributed by atoms with Crippen LogP contribution in [0.15, 0.2) is 72.8 Å². The normalized spacial score (nSPS) is 17.4. The topological polar surface area (TPSA) is 86.5 Å². The Balaban J connectivity index is 1.68. The summed E-state index contributed by atoms with van der Waals surface area (Å²) in [6, 6.07) is 13.2. The second-order valence-corrected chi connectivity index (χ2v) is 8.56. The maximum atomic E-state index is 13.1. The predicted molar refractivity (Wildman–Crippen MR) is 128 cm³/mol. The third kappa shape index (κ3) is 4.99. The summed E-state index contributed by atoms with van der Waals surface area (Å²) in [4.78, 5) is 30.7. The van der Waals surface area contributed by atoms with Crippen LogP contribution < -0.4 is 9.30 Å². The second-order valence-electron chi connectivity index (χ2n) is 8.12. The van der Waals surface area contributed by atoms with Crippen LogP contribution in [0.4, 0.5) is 0 Å². The predicted octanol–water partition coefficient (Wildman–Crippen LogP) is 4.26. The molecule has 0 spiro atoms. The van der Waals surface area contributed by atoms with Crippen molar-refractivity contribution in [3.05, 3.63) is 89.0 Å². The van der Waals surface area contributed by atoms with E-state index in [0.717, 1.165) is 6.42 Å². The fraction of sp³-hybridized carbons (Fsp3) is 0.269. The van der Waals surface area contributed by atoms with E-state index in [9.17, 15) is 14.7 Å². The van der Waals surface area contributed by atoms with E-state index in [0.29, 0.717) is 48.0 Å².